The number of likely N-dealkylation sites (N-methyl/N-ethyl adjacent to an activating group) is 1. The maximum absolute atomic E-state index is 5.98. The molecule has 0 saturated heterocycles. The van der Waals surface area contributed by atoms with Gasteiger partial charge in [-0.05, 0) is 46.1 Å². The molecule has 1 unspecified atom stereocenters. The first-order valence-electron chi connectivity index (χ1n) is 6.39. The molecule has 1 rings (SSSR count). The van der Waals surface area contributed by atoms with Crippen molar-refractivity contribution in [2.75, 3.05) is 26.7 Å². The Morgan fingerprint density at radius 3 is 2.38 bits per heavy atom. The van der Waals surface area contributed by atoms with E-state index in [1.165, 1.54) is 12.8 Å². The number of nitrogens with zero attached hydrogens (tertiary/aromatic N) is 1. The molecule has 0 aromatic heterocycles. The molecular weight excluding hydrogens is 200 g/mol. The highest BCUT2D eigenvalue weighted by atomic mass is 16.5. The lowest BCUT2D eigenvalue weighted by Gasteiger charge is -2.43. The molecule has 0 bridgehead atoms. The van der Waals surface area contributed by atoms with Gasteiger partial charge in [-0.1, -0.05) is 6.92 Å². The standard InChI is InChI=1S/C13H28N2O/c1-11(2)16-9-8-15(5)13(4,10-14)12(3)6-7-12/h11H,6-10,14H2,1-5H3. The Balaban J connectivity index is 2.46. The minimum absolute atomic E-state index is 0.118. The van der Waals surface area contributed by atoms with Crippen molar-refractivity contribution >= 4 is 0 Å². The van der Waals surface area contributed by atoms with Gasteiger partial charge in [-0.3, -0.25) is 4.90 Å². The van der Waals surface area contributed by atoms with Crippen molar-refractivity contribution in [2.24, 2.45) is 11.1 Å². The Morgan fingerprint density at radius 1 is 1.44 bits per heavy atom. The normalized spacial score (nSPS) is 22.5. The summed E-state index contributed by atoms with van der Waals surface area (Å²) in [6, 6.07) is 0. The number of hydrogen-bond acceptors (Lipinski definition) is 3. The van der Waals surface area contributed by atoms with Crippen LogP contribution in [0.3, 0.4) is 0 Å². The zero-order valence-corrected chi connectivity index (χ0v) is 11.5. The lowest BCUT2D eigenvalue weighted by Crippen LogP contribution is -2.56. The van der Waals surface area contributed by atoms with E-state index in [-0.39, 0.29) is 5.54 Å². The zero-order valence-electron chi connectivity index (χ0n) is 11.5. The number of nitrogens with two attached hydrogens (primary N) is 1. The highest BCUT2D eigenvalue weighted by molar-refractivity contribution is 5.08. The molecule has 3 heteroatoms. The monoisotopic (exact) mass is 228 g/mol. The van der Waals surface area contributed by atoms with Crippen LogP contribution in [0.5, 0.6) is 0 Å². The van der Waals surface area contributed by atoms with Gasteiger partial charge in [0.25, 0.3) is 0 Å². The molecule has 2 N–H and O–H groups in total. The molecule has 16 heavy (non-hydrogen) atoms. The molecule has 0 aromatic carbocycles. The summed E-state index contributed by atoms with van der Waals surface area (Å²) in [5.41, 5.74) is 6.51. The average molecular weight is 228 g/mol. The molecule has 1 saturated carbocycles. The largest absolute Gasteiger partial charge is 0.377 e. The quantitative estimate of drug-likeness (QED) is 0.723. The highest BCUT2D eigenvalue weighted by Gasteiger charge is 2.54. The van der Waals surface area contributed by atoms with E-state index in [9.17, 15) is 0 Å². The van der Waals surface area contributed by atoms with E-state index in [2.05, 4.69) is 39.6 Å². The maximum atomic E-state index is 5.98. The first-order chi connectivity index (χ1) is 7.35. The van der Waals surface area contributed by atoms with Crippen molar-refractivity contribution in [3.8, 4) is 0 Å². The summed E-state index contributed by atoms with van der Waals surface area (Å²) >= 11 is 0. The molecule has 1 aliphatic carbocycles. The van der Waals surface area contributed by atoms with Crippen molar-refractivity contribution in [1.82, 2.24) is 4.90 Å². The van der Waals surface area contributed by atoms with Crippen LogP contribution in [-0.2, 0) is 4.74 Å². The second-order valence-electron chi connectivity index (χ2n) is 5.88. The number of hydrogen-bond donors (Lipinski definition) is 1. The molecule has 0 radical (unpaired) electrons. The fourth-order valence-electron chi connectivity index (χ4n) is 2.26. The average Bonchev–Trinajstić information content (AvgIpc) is 2.96. The lowest BCUT2D eigenvalue weighted by atomic mass is 9.82. The van der Waals surface area contributed by atoms with Gasteiger partial charge in [0.05, 0.1) is 12.7 Å². The van der Waals surface area contributed by atoms with Crippen molar-refractivity contribution in [3.63, 3.8) is 0 Å². The van der Waals surface area contributed by atoms with Crippen LogP contribution < -0.4 is 5.73 Å². The minimum Gasteiger partial charge on any atom is -0.377 e. The molecule has 0 amide bonds. The zero-order chi connectivity index (χ0) is 12.4. The summed E-state index contributed by atoms with van der Waals surface area (Å²) in [5.74, 6) is 0. The Bertz CT molecular complexity index is 226. The summed E-state index contributed by atoms with van der Waals surface area (Å²) in [6.07, 6.45) is 2.92. The third-order valence-corrected chi connectivity index (χ3v) is 4.42. The van der Waals surface area contributed by atoms with Gasteiger partial charge in [-0.15, -0.1) is 0 Å². The van der Waals surface area contributed by atoms with Gasteiger partial charge in [-0.25, -0.2) is 0 Å². The van der Waals surface area contributed by atoms with E-state index in [4.69, 9.17) is 10.5 Å². The second kappa shape index (κ2) is 5.03. The van der Waals surface area contributed by atoms with Crippen molar-refractivity contribution in [2.45, 2.75) is 52.2 Å². The third kappa shape index (κ3) is 2.76. The van der Waals surface area contributed by atoms with Crippen LogP contribution in [0.25, 0.3) is 0 Å². The first-order valence-corrected chi connectivity index (χ1v) is 6.39. The molecular formula is C13H28N2O. The van der Waals surface area contributed by atoms with Crippen LogP contribution in [0, 0.1) is 5.41 Å². The molecule has 0 heterocycles. The predicted molar refractivity (Wildman–Crippen MR) is 68.5 cm³/mol. The van der Waals surface area contributed by atoms with Crippen molar-refractivity contribution in [3.05, 3.63) is 0 Å². The summed E-state index contributed by atoms with van der Waals surface area (Å²) in [5, 5.41) is 0. The van der Waals surface area contributed by atoms with Crippen LogP contribution in [0.2, 0.25) is 0 Å². The Hall–Kier alpha value is -0.120. The fraction of sp³-hybridized carbons (Fsp3) is 1.00. The van der Waals surface area contributed by atoms with E-state index in [0.717, 1.165) is 19.7 Å². The highest BCUT2D eigenvalue weighted by Crippen LogP contribution is 2.55. The van der Waals surface area contributed by atoms with E-state index in [1.54, 1.807) is 0 Å². The molecule has 3 nitrogen and oxygen atoms in total. The summed E-state index contributed by atoms with van der Waals surface area (Å²) in [7, 11) is 2.17. The summed E-state index contributed by atoms with van der Waals surface area (Å²) < 4.78 is 5.60. The van der Waals surface area contributed by atoms with Crippen LogP contribution in [-0.4, -0.2) is 43.3 Å². The minimum atomic E-state index is 0.118. The first kappa shape index (κ1) is 13.9. The summed E-state index contributed by atoms with van der Waals surface area (Å²) in [4.78, 5) is 2.38. The van der Waals surface area contributed by atoms with Crippen molar-refractivity contribution < 1.29 is 4.74 Å². The number of rotatable bonds is 7. The Morgan fingerprint density at radius 2 is 2.00 bits per heavy atom. The van der Waals surface area contributed by atoms with Gasteiger partial charge >= 0.3 is 0 Å². The maximum Gasteiger partial charge on any atom is 0.0597 e. The molecule has 1 atom stereocenters. The van der Waals surface area contributed by atoms with Gasteiger partial charge in [0, 0.05) is 18.6 Å². The van der Waals surface area contributed by atoms with E-state index in [1.807, 2.05) is 0 Å². The van der Waals surface area contributed by atoms with Gasteiger partial charge in [0.2, 0.25) is 0 Å². The van der Waals surface area contributed by atoms with E-state index >= 15 is 0 Å². The van der Waals surface area contributed by atoms with E-state index < -0.39 is 0 Å². The van der Waals surface area contributed by atoms with Gasteiger partial charge in [0.15, 0.2) is 0 Å². The molecule has 1 aliphatic rings. The molecule has 1 fully saturated rings. The van der Waals surface area contributed by atoms with Crippen LogP contribution in [0.1, 0.15) is 40.5 Å². The molecule has 0 aliphatic heterocycles. The molecule has 0 aromatic rings. The Kier molecular flexibility index (Phi) is 4.38. The van der Waals surface area contributed by atoms with Gasteiger partial charge in [-0.2, -0.15) is 0 Å². The predicted octanol–water partition coefficient (Wildman–Crippen LogP) is 1.86. The molecule has 96 valence electrons. The number of ether oxygens (including phenoxy) is 1. The van der Waals surface area contributed by atoms with Crippen LogP contribution in [0.15, 0.2) is 0 Å². The smallest absolute Gasteiger partial charge is 0.0597 e. The third-order valence-electron chi connectivity index (χ3n) is 4.42. The lowest BCUT2D eigenvalue weighted by molar-refractivity contribution is 0.0170. The SMILES string of the molecule is CC(C)OCCN(C)C(C)(CN)C1(C)CC1. The van der Waals surface area contributed by atoms with Crippen LogP contribution in [0.4, 0.5) is 0 Å². The summed E-state index contributed by atoms with van der Waals surface area (Å²) in [6.45, 7) is 11.3. The molecule has 0 spiro atoms. The van der Waals surface area contributed by atoms with Crippen molar-refractivity contribution in [1.29, 1.82) is 0 Å². The van der Waals surface area contributed by atoms with Gasteiger partial charge in [0.1, 0.15) is 0 Å². The second-order valence-corrected chi connectivity index (χ2v) is 5.88. The van der Waals surface area contributed by atoms with Crippen LogP contribution >= 0.6 is 0 Å². The fourth-order valence-corrected chi connectivity index (χ4v) is 2.26. The van der Waals surface area contributed by atoms with Gasteiger partial charge < -0.3 is 10.5 Å². The van der Waals surface area contributed by atoms with E-state index in [0.29, 0.717) is 11.5 Å². The topological polar surface area (TPSA) is 38.5 Å². The Labute approximate surface area is 100 Å².